The molecular weight excluding hydrogens is 347 g/mol. The first kappa shape index (κ1) is 17.3. The number of halogens is 2. The molecule has 128 valence electrons. The normalized spacial score (nSPS) is 25.1. The van der Waals surface area contributed by atoms with E-state index in [0.29, 0.717) is 28.4 Å². The lowest BCUT2D eigenvalue weighted by molar-refractivity contribution is 0.0924. The maximum Gasteiger partial charge on any atom is 0.255 e. The van der Waals surface area contributed by atoms with E-state index in [9.17, 15) is 4.79 Å². The molecule has 2 aliphatic heterocycles. The van der Waals surface area contributed by atoms with Crippen molar-refractivity contribution in [2.45, 2.75) is 43.8 Å². The predicted octanol–water partition coefficient (Wildman–Crippen LogP) is 3.16. The Kier molecular flexibility index (Phi) is 5.13. The molecule has 2 fully saturated rings. The molecule has 5 nitrogen and oxygen atoms in total. The van der Waals surface area contributed by atoms with Crippen molar-refractivity contribution in [1.29, 1.82) is 0 Å². The third kappa shape index (κ3) is 3.43. The fourth-order valence-corrected chi connectivity index (χ4v) is 3.95. The van der Waals surface area contributed by atoms with Crippen molar-refractivity contribution in [1.82, 2.24) is 20.8 Å². The minimum Gasteiger partial charge on any atom is -0.349 e. The minimum absolute atomic E-state index is 0. The number of aromatic nitrogens is 2. The van der Waals surface area contributed by atoms with E-state index in [2.05, 4.69) is 20.8 Å². The van der Waals surface area contributed by atoms with Crippen LogP contribution in [0.25, 0.3) is 11.3 Å². The van der Waals surface area contributed by atoms with Crippen molar-refractivity contribution < 1.29 is 4.79 Å². The Morgan fingerprint density at radius 1 is 1.25 bits per heavy atom. The Morgan fingerprint density at radius 2 is 2.00 bits per heavy atom. The molecule has 4 rings (SSSR count). The maximum absolute atomic E-state index is 12.7. The van der Waals surface area contributed by atoms with Gasteiger partial charge in [0.25, 0.3) is 5.91 Å². The minimum atomic E-state index is -0.0694. The van der Waals surface area contributed by atoms with Gasteiger partial charge in [-0.25, -0.2) is 0 Å². The zero-order valence-electron chi connectivity index (χ0n) is 13.1. The second kappa shape index (κ2) is 7.13. The lowest BCUT2D eigenvalue weighted by atomic mass is 9.99. The molecule has 2 atom stereocenters. The van der Waals surface area contributed by atoms with Gasteiger partial charge < -0.3 is 10.6 Å². The lowest BCUT2D eigenvalue weighted by Gasteiger charge is -2.29. The fraction of sp³-hybridized carbons (Fsp3) is 0.412. The average Bonchev–Trinajstić information content (AvgIpc) is 3.14. The largest absolute Gasteiger partial charge is 0.349 e. The standard InChI is InChI=1S/C17H19ClN4O.ClH/c18-11-3-1-2-10(6-11)16-15(9-19-22-16)17(23)21-14-7-12-4-5-13(8-14)20-12;/h1-3,6,9,12-14,20H,4-5,7-8H2,(H,19,22)(H,21,23);1H. The number of H-pyrrole nitrogens is 1. The smallest absolute Gasteiger partial charge is 0.255 e. The number of hydrogen-bond acceptors (Lipinski definition) is 3. The van der Waals surface area contributed by atoms with Crippen molar-refractivity contribution >= 4 is 29.9 Å². The van der Waals surface area contributed by atoms with E-state index < -0.39 is 0 Å². The van der Waals surface area contributed by atoms with Crippen LogP contribution in [0.1, 0.15) is 36.0 Å². The van der Waals surface area contributed by atoms with Gasteiger partial charge in [-0.15, -0.1) is 12.4 Å². The highest BCUT2D eigenvalue weighted by Crippen LogP contribution is 2.28. The van der Waals surface area contributed by atoms with E-state index in [-0.39, 0.29) is 24.4 Å². The van der Waals surface area contributed by atoms with E-state index in [4.69, 9.17) is 11.6 Å². The molecule has 1 amide bonds. The Hall–Kier alpha value is -1.56. The van der Waals surface area contributed by atoms with Crippen LogP contribution < -0.4 is 10.6 Å². The molecule has 2 aliphatic rings. The van der Waals surface area contributed by atoms with Gasteiger partial charge in [-0.05, 0) is 37.8 Å². The van der Waals surface area contributed by atoms with Gasteiger partial charge in [0.15, 0.2) is 0 Å². The molecule has 3 N–H and O–H groups in total. The SMILES string of the molecule is Cl.O=C(NC1CC2CCC(C1)N2)c1cn[nH]c1-c1cccc(Cl)c1. The number of benzene rings is 1. The first-order chi connectivity index (χ1) is 11.2. The quantitative estimate of drug-likeness (QED) is 0.781. The summed E-state index contributed by atoms with van der Waals surface area (Å²) >= 11 is 6.05. The van der Waals surface area contributed by atoms with Crippen LogP contribution in [0.5, 0.6) is 0 Å². The van der Waals surface area contributed by atoms with E-state index in [1.165, 1.54) is 12.8 Å². The molecule has 1 aromatic carbocycles. The molecule has 24 heavy (non-hydrogen) atoms. The van der Waals surface area contributed by atoms with E-state index in [1.54, 1.807) is 6.20 Å². The Labute approximate surface area is 152 Å². The van der Waals surface area contributed by atoms with Gasteiger partial charge in [-0.1, -0.05) is 23.7 Å². The third-order valence-electron chi connectivity index (χ3n) is 4.81. The number of piperidine rings is 1. The number of nitrogens with zero attached hydrogens (tertiary/aromatic N) is 1. The van der Waals surface area contributed by atoms with Gasteiger partial charge in [0.05, 0.1) is 17.5 Å². The summed E-state index contributed by atoms with van der Waals surface area (Å²) in [5, 5.41) is 14.4. The third-order valence-corrected chi connectivity index (χ3v) is 5.04. The summed E-state index contributed by atoms with van der Waals surface area (Å²) in [6.07, 6.45) is 6.04. The molecular formula is C17H20Cl2N4O. The average molecular weight is 367 g/mol. The Bertz CT molecular complexity index is 721. The molecule has 7 heteroatoms. The maximum atomic E-state index is 12.7. The molecule has 0 saturated carbocycles. The van der Waals surface area contributed by atoms with Crippen LogP contribution in [0, 0.1) is 0 Å². The van der Waals surface area contributed by atoms with Gasteiger partial charge in [0.1, 0.15) is 0 Å². The lowest BCUT2D eigenvalue weighted by Crippen LogP contribution is -2.48. The molecule has 0 spiro atoms. The van der Waals surface area contributed by atoms with Gasteiger partial charge in [-0.3, -0.25) is 9.89 Å². The molecule has 0 radical (unpaired) electrons. The van der Waals surface area contributed by atoms with Gasteiger partial charge >= 0.3 is 0 Å². The number of nitrogens with one attached hydrogen (secondary N) is 3. The summed E-state index contributed by atoms with van der Waals surface area (Å²) in [7, 11) is 0. The molecule has 2 saturated heterocycles. The second-order valence-corrected chi connectivity index (χ2v) is 6.89. The first-order valence-corrected chi connectivity index (χ1v) is 8.43. The molecule has 3 heterocycles. The van der Waals surface area contributed by atoms with Crippen molar-refractivity contribution in [2.75, 3.05) is 0 Å². The van der Waals surface area contributed by atoms with Crippen LogP contribution in [0.2, 0.25) is 5.02 Å². The second-order valence-electron chi connectivity index (χ2n) is 6.45. The number of carbonyl (C=O) groups is 1. The zero-order chi connectivity index (χ0) is 15.8. The fourth-order valence-electron chi connectivity index (χ4n) is 3.76. The van der Waals surface area contributed by atoms with Crippen molar-refractivity contribution in [3.8, 4) is 11.3 Å². The predicted molar refractivity (Wildman–Crippen MR) is 96.7 cm³/mol. The van der Waals surface area contributed by atoms with Crippen molar-refractivity contribution in [3.05, 3.63) is 41.0 Å². The first-order valence-electron chi connectivity index (χ1n) is 8.05. The number of carbonyl (C=O) groups excluding carboxylic acids is 1. The summed E-state index contributed by atoms with van der Waals surface area (Å²) in [6, 6.07) is 8.77. The van der Waals surface area contributed by atoms with Crippen LogP contribution >= 0.6 is 24.0 Å². The zero-order valence-corrected chi connectivity index (χ0v) is 14.7. The summed E-state index contributed by atoms with van der Waals surface area (Å²) in [6.45, 7) is 0. The molecule has 1 aromatic heterocycles. The van der Waals surface area contributed by atoms with Crippen molar-refractivity contribution in [2.24, 2.45) is 0 Å². The van der Waals surface area contributed by atoms with E-state index in [0.717, 1.165) is 18.4 Å². The van der Waals surface area contributed by atoms with E-state index in [1.807, 2.05) is 24.3 Å². The number of rotatable bonds is 3. The van der Waals surface area contributed by atoms with Crippen LogP contribution in [0.15, 0.2) is 30.5 Å². The number of amides is 1. The Balaban J connectivity index is 0.00000169. The number of aromatic amines is 1. The van der Waals surface area contributed by atoms with Gasteiger partial charge in [-0.2, -0.15) is 5.10 Å². The number of hydrogen-bond donors (Lipinski definition) is 3. The summed E-state index contributed by atoms with van der Waals surface area (Å²) in [5.74, 6) is -0.0694. The van der Waals surface area contributed by atoms with Crippen LogP contribution in [0.3, 0.4) is 0 Å². The van der Waals surface area contributed by atoms with E-state index >= 15 is 0 Å². The summed E-state index contributed by atoms with van der Waals surface area (Å²) in [4.78, 5) is 12.7. The monoisotopic (exact) mass is 366 g/mol. The van der Waals surface area contributed by atoms with Crippen molar-refractivity contribution in [3.63, 3.8) is 0 Å². The highest BCUT2D eigenvalue weighted by Gasteiger charge is 2.34. The molecule has 0 aliphatic carbocycles. The molecule has 2 bridgehead atoms. The van der Waals surface area contributed by atoms with Crippen LogP contribution in [0.4, 0.5) is 0 Å². The molecule has 2 unspecified atom stereocenters. The van der Waals surface area contributed by atoms with Gasteiger partial charge in [0, 0.05) is 28.7 Å². The highest BCUT2D eigenvalue weighted by molar-refractivity contribution is 6.30. The van der Waals surface area contributed by atoms with Crippen LogP contribution in [-0.2, 0) is 0 Å². The highest BCUT2D eigenvalue weighted by atomic mass is 35.5. The Morgan fingerprint density at radius 3 is 2.71 bits per heavy atom. The molecule has 2 aromatic rings. The van der Waals surface area contributed by atoms with Crippen LogP contribution in [-0.4, -0.2) is 34.2 Å². The number of fused-ring (bicyclic) bond motifs is 2. The van der Waals surface area contributed by atoms with Gasteiger partial charge in [0.2, 0.25) is 0 Å². The summed E-state index contributed by atoms with van der Waals surface area (Å²) in [5.41, 5.74) is 2.14. The summed E-state index contributed by atoms with van der Waals surface area (Å²) < 4.78 is 0. The topological polar surface area (TPSA) is 69.8 Å².